The summed E-state index contributed by atoms with van der Waals surface area (Å²) in [6.45, 7) is 2.13. The highest BCUT2D eigenvalue weighted by atomic mass is 16.1. The highest BCUT2D eigenvalue weighted by molar-refractivity contribution is 5.95. The van der Waals surface area contributed by atoms with E-state index in [1.54, 1.807) is 0 Å². The summed E-state index contributed by atoms with van der Waals surface area (Å²) in [7, 11) is 0. The molecular formula is C27H31N3O2. The Labute approximate surface area is 190 Å². The Morgan fingerprint density at radius 2 is 1.47 bits per heavy atom. The van der Waals surface area contributed by atoms with Gasteiger partial charge in [0, 0.05) is 24.3 Å². The van der Waals surface area contributed by atoms with E-state index in [4.69, 9.17) is 0 Å². The van der Waals surface area contributed by atoms with Gasteiger partial charge < -0.3 is 16.0 Å². The summed E-state index contributed by atoms with van der Waals surface area (Å²) in [4.78, 5) is 23.1. The van der Waals surface area contributed by atoms with E-state index in [0.29, 0.717) is 19.5 Å². The van der Waals surface area contributed by atoms with Crippen molar-refractivity contribution in [3.63, 3.8) is 0 Å². The van der Waals surface area contributed by atoms with Gasteiger partial charge >= 0.3 is 0 Å². The van der Waals surface area contributed by atoms with Crippen LogP contribution in [-0.2, 0) is 24.2 Å². The molecule has 0 fully saturated rings. The van der Waals surface area contributed by atoms with Crippen LogP contribution >= 0.6 is 0 Å². The summed E-state index contributed by atoms with van der Waals surface area (Å²) in [5.74, 6) is -0.0135. The maximum Gasteiger partial charge on any atom is 0.251 e. The van der Waals surface area contributed by atoms with E-state index in [9.17, 15) is 9.59 Å². The summed E-state index contributed by atoms with van der Waals surface area (Å²) in [6.07, 6.45) is 4.60. The first-order chi connectivity index (χ1) is 15.8. The highest BCUT2D eigenvalue weighted by Gasteiger charge is 2.10. The van der Waals surface area contributed by atoms with Gasteiger partial charge in [0.15, 0.2) is 0 Å². The molecule has 3 N–H and O–H groups in total. The smallest absolute Gasteiger partial charge is 0.251 e. The van der Waals surface area contributed by atoms with Gasteiger partial charge in [-0.3, -0.25) is 9.59 Å². The Morgan fingerprint density at radius 1 is 0.750 bits per heavy atom. The molecule has 5 nitrogen and oxygen atoms in total. The van der Waals surface area contributed by atoms with Gasteiger partial charge in [-0.25, -0.2) is 0 Å². The second-order valence-corrected chi connectivity index (χ2v) is 7.74. The van der Waals surface area contributed by atoms with Crippen LogP contribution in [0.4, 0.5) is 5.69 Å². The van der Waals surface area contributed by atoms with Crippen LogP contribution < -0.4 is 16.0 Å². The number of rotatable bonds is 13. The second-order valence-electron chi connectivity index (χ2n) is 7.74. The van der Waals surface area contributed by atoms with Gasteiger partial charge in [0.1, 0.15) is 0 Å². The van der Waals surface area contributed by atoms with Crippen molar-refractivity contribution in [2.45, 2.75) is 32.2 Å². The van der Waals surface area contributed by atoms with E-state index in [-0.39, 0.29) is 5.91 Å². The van der Waals surface area contributed by atoms with Crippen LogP contribution in [0.5, 0.6) is 0 Å². The zero-order valence-electron chi connectivity index (χ0n) is 18.3. The third-order valence-corrected chi connectivity index (χ3v) is 5.37. The van der Waals surface area contributed by atoms with Crippen LogP contribution in [-0.4, -0.2) is 25.4 Å². The van der Waals surface area contributed by atoms with Crippen LogP contribution in [0.2, 0.25) is 0 Å². The number of carbonyl (C=O) groups excluding carboxylic acids is 2. The maximum atomic E-state index is 12.7. The number of aryl methyl sites for hydroxylation is 1. The van der Waals surface area contributed by atoms with E-state index in [1.807, 2.05) is 54.6 Å². The third kappa shape index (κ3) is 7.67. The normalized spacial score (nSPS) is 10.5. The predicted molar refractivity (Wildman–Crippen MR) is 130 cm³/mol. The molecule has 0 radical (unpaired) electrons. The van der Waals surface area contributed by atoms with Crippen LogP contribution in [0.25, 0.3) is 0 Å². The molecule has 3 rings (SSSR count). The molecule has 166 valence electrons. The summed E-state index contributed by atoms with van der Waals surface area (Å²) in [5.41, 5.74) is 5.04. The Balaban J connectivity index is 1.39. The largest absolute Gasteiger partial charge is 0.352 e. The standard InChI is InChI=1S/C27H31N3O2/c31-21-30-25-15-13-23(14-16-25)17-19-28-20-24-11-4-5-12-26(24)27(32)29-18-7-6-10-22-8-2-1-3-9-22/h1-5,8-9,11-16,21,28H,6-7,10,17-20H2,(H,29,32)(H,30,31). The number of nitrogens with one attached hydrogen (secondary N) is 3. The lowest BCUT2D eigenvalue weighted by molar-refractivity contribution is -0.105. The predicted octanol–water partition coefficient (Wildman–Crippen LogP) is 4.34. The van der Waals surface area contributed by atoms with E-state index in [1.165, 1.54) is 11.1 Å². The quantitative estimate of drug-likeness (QED) is 0.280. The van der Waals surface area contributed by atoms with Crippen molar-refractivity contribution in [2.24, 2.45) is 0 Å². The fourth-order valence-electron chi connectivity index (χ4n) is 3.58. The molecule has 32 heavy (non-hydrogen) atoms. The lowest BCUT2D eigenvalue weighted by Crippen LogP contribution is -2.27. The number of benzene rings is 3. The average Bonchev–Trinajstić information content (AvgIpc) is 2.83. The minimum absolute atomic E-state index is 0.0135. The molecule has 0 aromatic heterocycles. The first kappa shape index (κ1) is 23.2. The van der Waals surface area contributed by atoms with Crippen molar-refractivity contribution in [3.8, 4) is 0 Å². The molecule has 0 aliphatic carbocycles. The Morgan fingerprint density at radius 3 is 2.25 bits per heavy atom. The molecule has 0 atom stereocenters. The molecule has 0 spiro atoms. The van der Waals surface area contributed by atoms with Crippen LogP contribution in [0.15, 0.2) is 78.9 Å². The Hall–Kier alpha value is -3.44. The number of amides is 2. The van der Waals surface area contributed by atoms with Gasteiger partial charge in [-0.2, -0.15) is 0 Å². The number of carbonyl (C=O) groups is 2. The third-order valence-electron chi connectivity index (χ3n) is 5.37. The SMILES string of the molecule is O=CNc1ccc(CCNCc2ccccc2C(=O)NCCCCc2ccccc2)cc1. The van der Waals surface area contributed by atoms with E-state index >= 15 is 0 Å². The molecule has 0 saturated heterocycles. The van der Waals surface area contributed by atoms with Gasteiger partial charge in [-0.05, 0) is 67.1 Å². The molecule has 3 aromatic carbocycles. The zero-order valence-corrected chi connectivity index (χ0v) is 18.3. The lowest BCUT2D eigenvalue weighted by atomic mass is 10.1. The fraction of sp³-hybridized carbons (Fsp3) is 0.259. The van der Waals surface area contributed by atoms with E-state index in [0.717, 1.165) is 49.0 Å². The second kappa shape index (κ2) is 13.1. The molecule has 0 aliphatic heterocycles. The minimum atomic E-state index is -0.0135. The van der Waals surface area contributed by atoms with E-state index in [2.05, 4.69) is 40.2 Å². The average molecular weight is 430 g/mol. The van der Waals surface area contributed by atoms with Crippen LogP contribution in [0.1, 0.15) is 39.9 Å². The number of unbranched alkanes of at least 4 members (excludes halogenated alkanes) is 1. The number of hydrogen-bond acceptors (Lipinski definition) is 3. The van der Waals surface area contributed by atoms with Gasteiger partial charge in [0.25, 0.3) is 5.91 Å². The van der Waals surface area contributed by atoms with Crippen molar-refractivity contribution >= 4 is 18.0 Å². The molecule has 0 saturated carbocycles. The van der Waals surface area contributed by atoms with Gasteiger partial charge in [-0.1, -0.05) is 60.7 Å². The molecule has 5 heteroatoms. The molecule has 3 aromatic rings. The van der Waals surface area contributed by atoms with Gasteiger partial charge in [0.05, 0.1) is 0 Å². The Kier molecular flexibility index (Phi) is 9.49. The number of anilines is 1. The summed E-state index contributed by atoms with van der Waals surface area (Å²) in [5, 5.41) is 9.12. The first-order valence-corrected chi connectivity index (χ1v) is 11.2. The topological polar surface area (TPSA) is 70.2 Å². The molecule has 0 heterocycles. The molecular weight excluding hydrogens is 398 g/mol. The Bertz CT molecular complexity index is 972. The first-order valence-electron chi connectivity index (χ1n) is 11.2. The molecule has 0 bridgehead atoms. The molecule has 0 aliphatic rings. The molecule has 0 unspecified atom stereocenters. The summed E-state index contributed by atoms with van der Waals surface area (Å²) >= 11 is 0. The van der Waals surface area contributed by atoms with Crippen molar-refractivity contribution in [1.29, 1.82) is 0 Å². The lowest BCUT2D eigenvalue weighted by Gasteiger charge is -2.11. The van der Waals surface area contributed by atoms with Crippen molar-refractivity contribution < 1.29 is 9.59 Å². The van der Waals surface area contributed by atoms with E-state index < -0.39 is 0 Å². The van der Waals surface area contributed by atoms with Crippen molar-refractivity contribution in [3.05, 3.63) is 101 Å². The van der Waals surface area contributed by atoms with Gasteiger partial charge in [0.2, 0.25) is 6.41 Å². The summed E-state index contributed by atoms with van der Waals surface area (Å²) < 4.78 is 0. The number of hydrogen-bond donors (Lipinski definition) is 3. The van der Waals surface area contributed by atoms with Crippen molar-refractivity contribution in [1.82, 2.24) is 10.6 Å². The van der Waals surface area contributed by atoms with Crippen molar-refractivity contribution in [2.75, 3.05) is 18.4 Å². The van der Waals surface area contributed by atoms with Gasteiger partial charge in [-0.15, -0.1) is 0 Å². The fourth-order valence-corrected chi connectivity index (χ4v) is 3.58. The zero-order chi connectivity index (χ0) is 22.4. The highest BCUT2D eigenvalue weighted by Crippen LogP contribution is 2.11. The van der Waals surface area contributed by atoms with Crippen LogP contribution in [0.3, 0.4) is 0 Å². The minimum Gasteiger partial charge on any atom is -0.352 e. The maximum absolute atomic E-state index is 12.7. The monoisotopic (exact) mass is 429 g/mol. The summed E-state index contributed by atoms with van der Waals surface area (Å²) in [6, 6.07) is 26.0. The van der Waals surface area contributed by atoms with Crippen LogP contribution in [0, 0.1) is 0 Å². The molecule has 2 amide bonds.